The van der Waals surface area contributed by atoms with Gasteiger partial charge in [0.2, 0.25) is 5.91 Å². The van der Waals surface area contributed by atoms with Crippen LogP contribution in [0.15, 0.2) is 18.2 Å². The number of aryl methyl sites for hydroxylation is 1. The lowest BCUT2D eigenvalue weighted by Gasteiger charge is -2.45. The standard InChI is InChI=1S/C24H33N3O2/c1-4-16(13-28)25-24(29)15-10-18-17-6-5-7-20-22(17)19(11-21(18)26(2)12-15)23(27(20)3)14-8-9-14/h5-7,14-16,18,21,28H,4,8-13H2,1-3H3,(H,25,29)/t15-,16+,18-,21-/m1/s1. The van der Waals surface area contributed by atoms with Gasteiger partial charge in [-0.05, 0) is 62.3 Å². The highest BCUT2D eigenvalue weighted by molar-refractivity contribution is 5.91. The van der Waals surface area contributed by atoms with Gasteiger partial charge in [-0.25, -0.2) is 0 Å². The lowest BCUT2D eigenvalue weighted by Crippen LogP contribution is -2.52. The molecule has 2 aromatic rings. The van der Waals surface area contributed by atoms with Gasteiger partial charge in [0.05, 0.1) is 18.6 Å². The fraction of sp³-hybridized carbons (Fsp3) is 0.625. The smallest absolute Gasteiger partial charge is 0.224 e. The number of aliphatic hydroxyl groups is 1. The van der Waals surface area contributed by atoms with E-state index in [1.807, 2.05) is 6.92 Å². The minimum Gasteiger partial charge on any atom is -0.394 e. The maximum Gasteiger partial charge on any atom is 0.224 e. The average Bonchev–Trinajstić information content (AvgIpc) is 3.52. The average molecular weight is 396 g/mol. The van der Waals surface area contributed by atoms with Gasteiger partial charge < -0.3 is 19.9 Å². The number of hydrogen-bond acceptors (Lipinski definition) is 3. The monoisotopic (exact) mass is 395 g/mol. The Labute approximate surface area is 173 Å². The lowest BCUT2D eigenvalue weighted by atomic mass is 9.71. The fourth-order valence-corrected chi connectivity index (χ4v) is 5.97. The van der Waals surface area contributed by atoms with Crippen molar-refractivity contribution >= 4 is 16.8 Å². The topological polar surface area (TPSA) is 57.5 Å². The molecule has 0 unspecified atom stereocenters. The molecule has 1 aliphatic heterocycles. The summed E-state index contributed by atoms with van der Waals surface area (Å²) in [5, 5.41) is 14.0. The van der Waals surface area contributed by atoms with E-state index in [0.717, 1.165) is 31.7 Å². The van der Waals surface area contributed by atoms with Gasteiger partial charge in [-0.2, -0.15) is 0 Å². The van der Waals surface area contributed by atoms with Gasteiger partial charge in [-0.1, -0.05) is 19.1 Å². The molecule has 1 saturated carbocycles. The van der Waals surface area contributed by atoms with Gasteiger partial charge in [0, 0.05) is 42.1 Å². The van der Waals surface area contributed by atoms with Gasteiger partial charge in [0.25, 0.3) is 0 Å². The summed E-state index contributed by atoms with van der Waals surface area (Å²) in [6.07, 6.45) is 5.40. The van der Waals surface area contributed by atoms with Crippen LogP contribution in [0, 0.1) is 5.92 Å². The molecule has 5 heteroatoms. The number of likely N-dealkylation sites (N-methyl/N-ethyl adjacent to an activating group) is 1. The minimum absolute atomic E-state index is 0.00742. The summed E-state index contributed by atoms with van der Waals surface area (Å²) in [5.74, 6) is 1.21. The summed E-state index contributed by atoms with van der Waals surface area (Å²) in [4.78, 5) is 15.4. The van der Waals surface area contributed by atoms with Crippen molar-refractivity contribution in [1.82, 2.24) is 14.8 Å². The van der Waals surface area contributed by atoms with E-state index in [0.29, 0.717) is 12.0 Å². The number of carbonyl (C=O) groups is 1. The Morgan fingerprint density at radius 2 is 2.10 bits per heavy atom. The number of aliphatic hydroxyl groups excluding tert-OH is 1. The largest absolute Gasteiger partial charge is 0.394 e. The van der Waals surface area contributed by atoms with E-state index in [2.05, 4.69) is 47.1 Å². The maximum atomic E-state index is 12.9. The van der Waals surface area contributed by atoms with Crippen LogP contribution in [0.5, 0.6) is 0 Å². The van der Waals surface area contributed by atoms with Crippen molar-refractivity contribution < 1.29 is 9.90 Å². The number of nitrogens with one attached hydrogen (secondary N) is 1. The van der Waals surface area contributed by atoms with Crippen LogP contribution in [-0.2, 0) is 18.3 Å². The molecular weight excluding hydrogens is 362 g/mol. The van der Waals surface area contributed by atoms with E-state index in [-0.39, 0.29) is 24.5 Å². The van der Waals surface area contributed by atoms with Gasteiger partial charge in [-0.3, -0.25) is 4.79 Å². The van der Waals surface area contributed by atoms with E-state index < -0.39 is 0 Å². The van der Waals surface area contributed by atoms with Crippen LogP contribution < -0.4 is 5.32 Å². The zero-order valence-corrected chi connectivity index (χ0v) is 17.8. The molecular formula is C24H33N3O2. The molecule has 4 atom stereocenters. The zero-order valence-electron chi connectivity index (χ0n) is 17.8. The Balaban J connectivity index is 1.51. The van der Waals surface area contributed by atoms with Crippen molar-refractivity contribution in [3.8, 4) is 0 Å². The van der Waals surface area contributed by atoms with Gasteiger partial charge in [-0.15, -0.1) is 0 Å². The summed E-state index contributed by atoms with van der Waals surface area (Å²) in [7, 11) is 4.42. The number of carbonyl (C=O) groups excluding carboxylic acids is 1. The van der Waals surface area contributed by atoms with Crippen molar-refractivity contribution in [3.05, 3.63) is 35.0 Å². The van der Waals surface area contributed by atoms with E-state index in [1.165, 1.54) is 29.3 Å². The van der Waals surface area contributed by atoms with E-state index >= 15 is 0 Å². The third-order valence-electron chi connectivity index (χ3n) is 7.69. The van der Waals surface area contributed by atoms with Crippen molar-refractivity contribution in [1.29, 1.82) is 0 Å². The molecule has 0 bridgehead atoms. The highest BCUT2D eigenvalue weighted by atomic mass is 16.3. The van der Waals surface area contributed by atoms with Gasteiger partial charge in [0.15, 0.2) is 0 Å². The molecule has 5 nitrogen and oxygen atoms in total. The first kappa shape index (κ1) is 19.1. The molecule has 1 saturated heterocycles. The Morgan fingerprint density at radius 1 is 1.31 bits per heavy atom. The van der Waals surface area contributed by atoms with Crippen molar-refractivity contribution in [3.63, 3.8) is 0 Å². The van der Waals surface area contributed by atoms with E-state index in [4.69, 9.17) is 0 Å². The highest BCUT2D eigenvalue weighted by Gasteiger charge is 2.44. The summed E-state index contributed by atoms with van der Waals surface area (Å²) in [6, 6.07) is 7.09. The van der Waals surface area contributed by atoms with Crippen molar-refractivity contribution in [2.75, 3.05) is 20.2 Å². The number of amides is 1. The van der Waals surface area contributed by atoms with Crippen LogP contribution >= 0.6 is 0 Å². The molecule has 29 heavy (non-hydrogen) atoms. The van der Waals surface area contributed by atoms with Gasteiger partial charge >= 0.3 is 0 Å². The number of rotatable bonds is 5. The molecule has 1 aromatic carbocycles. The molecule has 0 radical (unpaired) electrons. The molecule has 0 spiro atoms. The number of piperidine rings is 1. The van der Waals surface area contributed by atoms with Crippen LogP contribution in [0.25, 0.3) is 10.9 Å². The SMILES string of the molecule is CC[C@@H](CO)NC(=O)[C@@H]1C[C@@H]2c3cccc4c3c(c(C3CC3)n4C)C[C@H]2N(C)C1. The Kier molecular flexibility index (Phi) is 4.71. The summed E-state index contributed by atoms with van der Waals surface area (Å²) in [6.45, 7) is 2.81. The number of fused-ring (bicyclic) bond motifs is 2. The van der Waals surface area contributed by atoms with E-state index in [9.17, 15) is 9.90 Å². The first-order valence-electron chi connectivity index (χ1n) is 11.2. The van der Waals surface area contributed by atoms with Crippen LogP contribution in [0.2, 0.25) is 0 Å². The molecule has 2 N–H and O–H groups in total. The molecule has 156 valence electrons. The number of likely N-dealkylation sites (tertiary alicyclic amines) is 1. The van der Waals surface area contributed by atoms with Crippen LogP contribution in [-0.4, -0.2) is 52.8 Å². The molecule has 2 fully saturated rings. The molecule has 5 rings (SSSR count). The van der Waals surface area contributed by atoms with Crippen LogP contribution in [0.4, 0.5) is 0 Å². The second kappa shape index (κ2) is 7.13. The number of aromatic nitrogens is 1. The molecule has 1 aromatic heterocycles. The maximum absolute atomic E-state index is 12.9. The van der Waals surface area contributed by atoms with Gasteiger partial charge in [0.1, 0.15) is 0 Å². The van der Waals surface area contributed by atoms with Crippen molar-refractivity contribution in [2.45, 2.75) is 62.9 Å². The van der Waals surface area contributed by atoms with Crippen LogP contribution in [0.1, 0.15) is 61.3 Å². The Hall–Kier alpha value is -1.85. The second-order valence-electron chi connectivity index (χ2n) is 9.48. The fourth-order valence-electron chi connectivity index (χ4n) is 5.97. The normalized spacial score (nSPS) is 27.7. The summed E-state index contributed by atoms with van der Waals surface area (Å²) in [5.41, 5.74) is 5.93. The predicted molar refractivity (Wildman–Crippen MR) is 115 cm³/mol. The third kappa shape index (κ3) is 3.01. The van der Waals surface area contributed by atoms with E-state index in [1.54, 1.807) is 11.3 Å². The lowest BCUT2D eigenvalue weighted by molar-refractivity contribution is -0.128. The first-order valence-corrected chi connectivity index (χ1v) is 11.2. The first-order chi connectivity index (χ1) is 14.0. The van der Waals surface area contributed by atoms with Crippen LogP contribution in [0.3, 0.4) is 0 Å². The predicted octanol–water partition coefficient (Wildman–Crippen LogP) is 2.90. The zero-order chi connectivity index (χ0) is 20.3. The number of hydrogen-bond donors (Lipinski definition) is 2. The second-order valence-corrected chi connectivity index (χ2v) is 9.48. The van der Waals surface area contributed by atoms with Crippen molar-refractivity contribution in [2.24, 2.45) is 13.0 Å². The quantitative estimate of drug-likeness (QED) is 0.818. The number of nitrogens with zero attached hydrogens (tertiary/aromatic N) is 2. The third-order valence-corrected chi connectivity index (χ3v) is 7.69. The molecule has 2 heterocycles. The summed E-state index contributed by atoms with van der Waals surface area (Å²) < 4.78 is 2.44. The minimum atomic E-state index is -0.137. The highest BCUT2D eigenvalue weighted by Crippen LogP contribution is 2.51. The molecule has 2 aliphatic carbocycles. The Morgan fingerprint density at radius 3 is 2.79 bits per heavy atom. The molecule has 3 aliphatic rings. The Bertz CT molecular complexity index is 941. The molecule has 1 amide bonds. The number of benzene rings is 1. The summed E-state index contributed by atoms with van der Waals surface area (Å²) >= 11 is 0.